The van der Waals surface area contributed by atoms with Crippen molar-refractivity contribution in [3.8, 4) is 5.75 Å². The molecule has 9 nitrogen and oxygen atoms in total. The van der Waals surface area contributed by atoms with E-state index in [4.69, 9.17) is 27.9 Å². The highest BCUT2D eigenvalue weighted by Gasteiger charge is 2.20. The summed E-state index contributed by atoms with van der Waals surface area (Å²) in [4.78, 5) is 43.1. The molecule has 3 amide bonds. The molecule has 0 radical (unpaired) electrons. The summed E-state index contributed by atoms with van der Waals surface area (Å²) in [5.41, 5.74) is 3.57. The number of rotatable bonds is 11. The van der Waals surface area contributed by atoms with Crippen molar-refractivity contribution in [2.45, 2.75) is 13.5 Å². The summed E-state index contributed by atoms with van der Waals surface area (Å²) in [5, 5.41) is 5.90. The molecule has 0 aliphatic heterocycles. The van der Waals surface area contributed by atoms with Crippen LogP contribution in [0.1, 0.15) is 27.2 Å². The zero-order chi connectivity index (χ0) is 31.1. The van der Waals surface area contributed by atoms with Crippen LogP contribution in [0.2, 0.25) is 10.0 Å². The third-order valence-electron chi connectivity index (χ3n) is 6.41. The molecule has 2 N–H and O–H groups in total. The summed E-state index contributed by atoms with van der Waals surface area (Å²) in [5.74, 6) is -0.526. The van der Waals surface area contributed by atoms with E-state index >= 15 is 0 Å². The monoisotopic (exact) mass is 683 g/mol. The highest BCUT2D eigenvalue weighted by Crippen LogP contribution is 2.35. The summed E-state index contributed by atoms with van der Waals surface area (Å²) in [6.07, 6.45) is 6.36. The van der Waals surface area contributed by atoms with Gasteiger partial charge in [-0.15, -0.1) is 6.58 Å². The van der Waals surface area contributed by atoms with Gasteiger partial charge in [-0.3, -0.25) is 18.8 Å². The number of amides is 3. The maximum absolute atomic E-state index is 12.9. The van der Waals surface area contributed by atoms with Crippen LogP contribution in [0, 0.1) is 6.92 Å². The first-order valence-corrected chi connectivity index (χ1v) is 14.6. The van der Waals surface area contributed by atoms with Crippen LogP contribution in [0.15, 0.2) is 78.1 Å². The number of ether oxygens (including phenoxy) is 1. The Labute approximate surface area is 267 Å². The summed E-state index contributed by atoms with van der Waals surface area (Å²) in [7, 11) is 1.56. The number of imidazole rings is 1. The normalized spacial score (nSPS) is 11.0. The molecular formula is C31H28BrCl2N5O4. The van der Waals surface area contributed by atoms with Crippen LogP contribution in [0.3, 0.4) is 0 Å². The number of pyridine rings is 1. The number of carbonyl (C=O) groups is 3. The molecule has 2 heterocycles. The van der Waals surface area contributed by atoms with Crippen LogP contribution < -0.4 is 20.3 Å². The van der Waals surface area contributed by atoms with Crippen LogP contribution in [0.25, 0.3) is 11.7 Å². The molecule has 0 fully saturated rings. The Morgan fingerprint density at radius 2 is 1.86 bits per heavy atom. The van der Waals surface area contributed by atoms with Crippen LogP contribution >= 0.6 is 39.1 Å². The van der Waals surface area contributed by atoms with E-state index in [1.54, 1.807) is 61.7 Å². The van der Waals surface area contributed by atoms with Crippen molar-refractivity contribution in [3.05, 3.63) is 110 Å². The summed E-state index contributed by atoms with van der Waals surface area (Å²) in [6.45, 7) is 5.60. The van der Waals surface area contributed by atoms with Crippen LogP contribution in [-0.2, 0) is 16.2 Å². The number of halogens is 3. The number of hydrogen-bond acceptors (Lipinski definition) is 5. The Morgan fingerprint density at radius 3 is 2.58 bits per heavy atom. The van der Waals surface area contributed by atoms with Crippen molar-refractivity contribution in [2.75, 3.05) is 25.0 Å². The minimum atomic E-state index is -0.458. The van der Waals surface area contributed by atoms with E-state index in [2.05, 4.69) is 38.1 Å². The topological polar surface area (TPSA) is 105 Å². The molecule has 4 aromatic rings. The maximum Gasteiger partial charge on any atom is 0.251 e. The van der Waals surface area contributed by atoms with E-state index in [1.807, 2.05) is 23.6 Å². The molecule has 0 aliphatic rings. The molecule has 43 heavy (non-hydrogen) atoms. The highest BCUT2D eigenvalue weighted by molar-refractivity contribution is 9.10. The van der Waals surface area contributed by atoms with Crippen LogP contribution in [0.5, 0.6) is 5.75 Å². The molecule has 0 atom stereocenters. The van der Waals surface area contributed by atoms with E-state index in [9.17, 15) is 14.4 Å². The van der Waals surface area contributed by atoms with Crippen LogP contribution in [0.4, 0.5) is 5.69 Å². The van der Waals surface area contributed by atoms with Gasteiger partial charge < -0.3 is 20.3 Å². The van der Waals surface area contributed by atoms with Gasteiger partial charge in [0.25, 0.3) is 5.91 Å². The lowest BCUT2D eigenvalue weighted by molar-refractivity contribution is -0.122. The molecular weight excluding hydrogens is 657 g/mol. The standard InChI is InChI=1S/C31H28BrCl2N5O4/c1-4-15-35-31(42)21-10-7-20(8-11-21)9-14-26(40)36-17-27(41)38(3)24-13-12-23(33)22(28(24)34)18-43-25-6-5-16-39-29(32)19(2)37-30(25)39/h4-14,16H,1,15,17-18H2,2-3H3,(H,35,42)(H,36,40). The smallest absolute Gasteiger partial charge is 0.251 e. The molecule has 0 bridgehead atoms. The fourth-order valence-corrected chi connectivity index (χ4v) is 5.01. The lowest BCUT2D eigenvalue weighted by atomic mass is 10.1. The van der Waals surface area contributed by atoms with Crippen molar-refractivity contribution >= 4 is 74.3 Å². The van der Waals surface area contributed by atoms with Gasteiger partial charge in [0, 0.05) is 42.0 Å². The second-order valence-corrected chi connectivity index (χ2v) is 10.9. The van der Waals surface area contributed by atoms with Gasteiger partial charge in [-0.05, 0) is 70.9 Å². The van der Waals surface area contributed by atoms with E-state index < -0.39 is 11.8 Å². The lowest BCUT2D eigenvalue weighted by Gasteiger charge is -2.21. The second kappa shape index (κ2) is 14.4. The van der Waals surface area contributed by atoms with Crippen molar-refractivity contribution in [1.82, 2.24) is 20.0 Å². The third-order valence-corrected chi connectivity index (χ3v) is 8.14. The SMILES string of the molecule is C=CCNC(=O)c1ccc(C=CC(=O)NCC(=O)N(C)c2ccc(Cl)c(COc3cccn4c(Br)c(C)nc34)c2Cl)cc1. The van der Waals surface area contributed by atoms with Gasteiger partial charge in [-0.2, -0.15) is 0 Å². The van der Waals surface area contributed by atoms with Crippen molar-refractivity contribution < 1.29 is 19.1 Å². The van der Waals surface area contributed by atoms with Crippen molar-refractivity contribution in [3.63, 3.8) is 0 Å². The van der Waals surface area contributed by atoms with Gasteiger partial charge in [0.05, 0.1) is 22.9 Å². The fourth-order valence-electron chi connectivity index (χ4n) is 4.03. The number of nitrogens with one attached hydrogen (secondary N) is 2. The van der Waals surface area contributed by atoms with E-state index in [-0.39, 0.29) is 24.1 Å². The third kappa shape index (κ3) is 7.64. The number of carbonyl (C=O) groups excluding carboxylic acids is 3. The number of aromatic nitrogens is 2. The number of nitrogens with zero attached hydrogens (tertiary/aromatic N) is 3. The highest BCUT2D eigenvalue weighted by atomic mass is 79.9. The Balaban J connectivity index is 1.36. The number of likely N-dealkylation sites (N-methyl/N-ethyl adjacent to an activating group) is 1. The number of hydrogen-bond donors (Lipinski definition) is 2. The first-order valence-electron chi connectivity index (χ1n) is 13.0. The van der Waals surface area contributed by atoms with E-state index in [1.165, 1.54) is 11.0 Å². The quantitative estimate of drug-likeness (QED) is 0.149. The molecule has 12 heteroatoms. The summed E-state index contributed by atoms with van der Waals surface area (Å²) in [6, 6.07) is 13.6. The predicted octanol–water partition coefficient (Wildman–Crippen LogP) is 6.00. The van der Waals surface area contributed by atoms with Gasteiger partial charge in [0.15, 0.2) is 11.4 Å². The van der Waals surface area contributed by atoms with Gasteiger partial charge >= 0.3 is 0 Å². The fraction of sp³-hybridized carbons (Fsp3) is 0.161. The maximum atomic E-state index is 12.9. The van der Waals surface area contributed by atoms with Gasteiger partial charge in [0.1, 0.15) is 11.2 Å². The lowest BCUT2D eigenvalue weighted by Crippen LogP contribution is -2.37. The number of aryl methyl sites for hydroxylation is 1. The first kappa shape index (κ1) is 31.8. The van der Waals surface area contributed by atoms with Crippen molar-refractivity contribution in [1.29, 1.82) is 0 Å². The molecule has 0 aliphatic carbocycles. The van der Waals surface area contributed by atoms with E-state index in [0.29, 0.717) is 45.3 Å². The minimum absolute atomic E-state index is 0.0404. The van der Waals surface area contributed by atoms with Gasteiger partial charge in [-0.25, -0.2) is 4.98 Å². The summed E-state index contributed by atoms with van der Waals surface area (Å²) >= 11 is 16.7. The zero-order valence-electron chi connectivity index (χ0n) is 23.4. The second-order valence-electron chi connectivity index (χ2n) is 9.33. The van der Waals surface area contributed by atoms with Crippen LogP contribution in [-0.4, -0.2) is 47.2 Å². The number of anilines is 1. The Kier molecular flexibility index (Phi) is 10.6. The molecule has 0 unspecified atom stereocenters. The minimum Gasteiger partial charge on any atom is -0.485 e. The Hall–Kier alpha value is -4.12. The average molecular weight is 685 g/mol. The van der Waals surface area contributed by atoms with Crippen molar-refractivity contribution in [2.24, 2.45) is 0 Å². The van der Waals surface area contributed by atoms with E-state index in [0.717, 1.165) is 10.3 Å². The Bertz CT molecular complexity index is 1720. The molecule has 0 spiro atoms. The molecule has 0 saturated heterocycles. The first-order chi connectivity index (χ1) is 20.6. The summed E-state index contributed by atoms with van der Waals surface area (Å²) < 4.78 is 8.73. The number of benzene rings is 2. The largest absolute Gasteiger partial charge is 0.485 e. The molecule has 0 saturated carbocycles. The molecule has 2 aromatic carbocycles. The molecule has 2 aromatic heterocycles. The Morgan fingerprint density at radius 1 is 1.12 bits per heavy atom. The predicted molar refractivity (Wildman–Crippen MR) is 173 cm³/mol. The average Bonchev–Trinajstić information content (AvgIpc) is 3.30. The molecule has 222 valence electrons. The zero-order valence-corrected chi connectivity index (χ0v) is 26.5. The molecule has 4 rings (SSSR count). The van der Waals surface area contributed by atoms with Gasteiger partial charge in [-0.1, -0.05) is 41.4 Å². The van der Waals surface area contributed by atoms with Gasteiger partial charge in [0.2, 0.25) is 11.8 Å². The number of fused-ring (bicyclic) bond motifs is 1.